The molecule has 0 bridgehead atoms. The average molecular weight is 430 g/mol. The molecule has 0 spiro atoms. The van der Waals surface area contributed by atoms with Crippen LogP contribution in [0.4, 0.5) is 11.5 Å². The molecule has 7 nitrogen and oxygen atoms in total. The summed E-state index contributed by atoms with van der Waals surface area (Å²) < 4.78 is 5.63. The fourth-order valence-corrected chi connectivity index (χ4v) is 4.41. The van der Waals surface area contributed by atoms with Crippen LogP contribution in [0.5, 0.6) is 0 Å². The molecule has 1 amide bonds. The zero-order chi connectivity index (χ0) is 21.8. The number of nitrogens with zero attached hydrogens (tertiary/aromatic N) is 4. The zero-order valence-electron chi connectivity index (χ0n) is 18.0. The summed E-state index contributed by atoms with van der Waals surface area (Å²) in [6.07, 6.45) is 6.95. The predicted molar refractivity (Wildman–Crippen MR) is 123 cm³/mol. The van der Waals surface area contributed by atoms with E-state index >= 15 is 0 Å². The van der Waals surface area contributed by atoms with E-state index in [0.29, 0.717) is 13.2 Å². The third-order valence-electron chi connectivity index (χ3n) is 6.05. The van der Waals surface area contributed by atoms with Crippen LogP contribution in [0, 0.1) is 0 Å². The van der Waals surface area contributed by atoms with Gasteiger partial charge in [-0.05, 0) is 49.9 Å². The molecular weight excluding hydrogens is 402 g/mol. The number of anilines is 2. The zero-order valence-corrected chi connectivity index (χ0v) is 18.0. The van der Waals surface area contributed by atoms with Gasteiger partial charge in [0.15, 0.2) is 0 Å². The van der Waals surface area contributed by atoms with Gasteiger partial charge in [-0.25, -0.2) is 9.97 Å². The van der Waals surface area contributed by atoms with Crippen LogP contribution in [0.3, 0.4) is 0 Å². The van der Waals surface area contributed by atoms with Crippen molar-refractivity contribution in [1.82, 2.24) is 19.9 Å². The first-order chi connectivity index (χ1) is 15.8. The van der Waals surface area contributed by atoms with Crippen molar-refractivity contribution in [2.75, 3.05) is 25.0 Å². The lowest BCUT2D eigenvalue weighted by atomic mass is 9.96. The van der Waals surface area contributed by atoms with Gasteiger partial charge in [-0.2, -0.15) is 0 Å². The van der Waals surface area contributed by atoms with Crippen molar-refractivity contribution in [2.24, 2.45) is 0 Å². The Morgan fingerprint density at radius 1 is 1.06 bits per heavy atom. The summed E-state index contributed by atoms with van der Waals surface area (Å²) in [6.45, 7) is 2.07. The van der Waals surface area contributed by atoms with E-state index in [0.717, 1.165) is 60.8 Å². The minimum absolute atomic E-state index is 0.0852. The van der Waals surface area contributed by atoms with E-state index in [1.165, 1.54) is 0 Å². The Bertz CT molecular complexity index is 1050. The molecule has 2 aromatic heterocycles. The number of ether oxygens (including phenoxy) is 1. The standard InChI is InChI=1S/C25H27N5O2/c31-25(22-11-6-14-32-22)30-13-5-8-19(17-30)24-28-21(18-7-4-12-26-16-18)15-23(29-24)27-20-9-2-1-3-10-20/h1-4,7,9-10,12,15-16,19,22H,5-6,8,11,13-14,17H2,(H,27,28,29). The molecule has 1 aromatic carbocycles. The third-order valence-corrected chi connectivity index (χ3v) is 6.05. The van der Waals surface area contributed by atoms with Gasteiger partial charge in [0.1, 0.15) is 17.7 Å². The van der Waals surface area contributed by atoms with Crippen molar-refractivity contribution in [2.45, 2.75) is 37.7 Å². The summed E-state index contributed by atoms with van der Waals surface area (Å²) >= 11 is 0. The molecule has 2 atom stereocenters. The summed E-state index contributed by atoms with van der Waals surface area (Å²) in [7, 11) is 0. The first-order valence-corrected chi connectivity index (χ1v) is 11.3. The minimum atomic E-state index is -0.285. The Morgan fingerprint density at radius 3 is 2.75 bits per heavy atom. The summed E-state index contributed by atoms with van der Waals surface area (Å²) in [6, 6.07) is 15.8. The number of piperidine rings is 1. The monoisotopic (exact) mass is 429 g/mol. The van der Waals surface area contributed by atoms with Crippen LogP contribution in [0.2, 0.25) is 0 Å². The summed E-state index contributed by atoms with van der Waals surface area (Å²) in [5.41, 5.74) is 2.73. The summed E-state index contributed by atoms with van der Waals surface area (Å²) in [4.78, 5) is 28.9. The highest BCUT2D eigenvalue weighted by atomic mass is 16.5. The Balaban J connectivity index is 1.44. The Labute approximate surface area is 187 Å². The van der Waals surface area contributed by atoms with Gasteiger partial charge in [0.25, 0.3) is 5.91 Å². The van der Waals surface area contributed by atoms with Crippen LogP contribution >= 0.6 is 0 Å². The van der Waals surface area contributed by atoms with Gasteiger partial charge in [-0.1, -0.05) is 18.2 Å². The molecule has 0 radical (unpaired) electrons. The molecule has 1 N–H and O–H groups in total. The van der Waals surface area contributed by atoms with Gasteiger partial charge in [0, 0.05) is 55.3 Å². The normalized spacial score (nSPS) is 20.8. The van der Waals surface area contributed by atoms with E-state index in [9.17, 15) is 4.79 Å². The molecule has 0 saturated carbocycles. The van der Waals surface area contributed by atoms with E-state index in [1.807, 2.05) is 59.6 Å². The smallest absolute Gasteiger partial charge is 0.251 e. The molecule has 164 valence electrons. The number of para-hydroxylation sites is 1. The number of aromatic nitrogens is 3. The number of nitrogens with one attached hydrogen (secondary N) is 1. The highest BCUT2D eigenvalue weighted by Gasteiger charge is 2.33. The molecule has 4 heterocycles. The minimum Gasteiger partial charge on any atom is -0.368 e. The number of hydrogen-bond donors (Lipinski definition) is 1. The van der Waals surface area contributed by atoms with Crippen molar-refractivity contribution in [3.8, 4) is 11.3 Å². The molecule has 3 aromatic rings. The van der Waals surface area contributed by atoms with Crippen LogP contribution in [0.25, 0.3) is 11.3 Å². The number of rotatable bonds is 5. The highest BCUT2D eigenvalue weighted by molar-refractivity contribution is 5.81. The van der Waals surface area contributed by atoms with Crippen LogP contribution in [0.15, 0.2) is 60.9 Å². The van der Waals surface area contributed by atoms with E-state index in [2.05, 4.69) is 10.3 Å². The Morgan fingerprint density at radius 2 is 1.97 bits per heavy atom. The maximum atomic E-state index is 12.9. The van der Waals surface area contributed by atoms with Crippen molar-refractivity contribution in [3.63, 3.8) is 0 Å². The number of likely N-dealkylation sites (tertiary alicyclic amines) is 1. The van der Waals surface area contributed by atoms with Crippen LogP contribution < -0.4 is 5.32 Å². The van der Waals surface area contributed by atoms with Gasteiger partial charge in [0.2, 0.25) is 0 Å². The summed E-state index contributed by atoms with van der Waals surface area (Å²) in [5, 5.41) is 3.40. The number of carbonyl (C=O) groups is 1. The van der Waals surface area contributed by atoms with Crippen LogP contribution in [-0.4, -0.2) is 51.6 Å². The first kappa shape index (κ1) is 20.6. The van der Waals surface area contributed by atoms with Crippen molar-refractivity contribution >= 4 is 17.4 Å². The van der Waals surface area contributed by atoms with Gasteiger partial charge in [0.05, 0.1) is 5.69 Å². The number of amides is 1. The maximum Gasteiger partial charge on any atom is 0.251 e. The van der Waals surface area contributed by atoms with Crippen LogP contribution in [0.1, 0.15) is 37.4 Å². The second kappa shape index (κ2) is 9.44. The second-order valence-corrected chi connectivity index (χ2v) is 8.35. The molecule has 32 heavy (non-hydrogen) atoms. The number of pyridine rings is 1. The quantitative estimate of drug-likeness (QED) is 0.656. The SMILES string of the molecule is O=C(C1CCCO1)N1CCCC(c2nc(Nc3ccccc3)cc(-c3cccnc3)n2)C1. The van der Waals surface area contributed by atoms with Gasteiger partial charge in [-0.15, -0.1) is 0 Å². The Hall–Kier alpha value is -3.32. The van der Waals surface area contributed by atoms with E-state index in [4.69, 9.17) is 14.7 Å². The van der Waals surface area contributed by atoms with Crippen molar-refractivity contribution < 1.29 is 9.53 Å². The molecule has 7 heteroatoms. The van der Waals surface area contributed by atoms with Crippen molar-refractivity contribution in [1.29, 1.82) is 0 Å². The lowest BCUT2D eigenvalue weighted by Gasteiger charge is -2.33. The topological polar surface area (TPSA) is 80.2 Å². The van der Waals surface area contributed by atoms with Crippen LogP contribution in [-0.2, 0) is 9.53 Å². The number of hydrogen-bond acceptors (Lipinski definition) is 6. The second-order valence-electron chi connectivity index (χ2n) is 8.35. The molecule has 2 fully saturated rings. The van der Waals surface area contributed by atoms with Gasteiger partial charge in [-0.3, -0.25) is 9.78 Å². The predicted octanol–water partition coefficient (Wildman–Crippen LogP) is 4.17. The molecule has 2 unspecified atom stereocenters. The fourth-order valence-electron chi connectivity index (χ4n) is 4.41. The third kappa shape index (κ3) is 4.62. The number of benzene rings is 1. The fraction of sp³-hybridized carbons (Fsp3) is 0.360. The maximum absolute atomic E-state index is 12.9. The lowest BCUT2D eigenvalue weighted by molar-refractivity contribution is -0.142. The van der Waals surface area contributed by atoms with Gasteiger partial charge < -0.3 is 15.0 Å². The first-order valence-electron chi connectivity index (χ1n) is 11.3. The van der Waals surface area contributed by atoms with E-state index in [-0.39, 0.29) is 17.9 Å². The average Bonchev–Trinajstić information content (AvgIpc) is 3.40. The van der Waals surface area contributed by atoms with Gasteiger partial charge >= 0.3 is 0 Å². The molecule has 2 aliphatic heterocycles. The molecule has 5 rings (SSSR count). The number of carbonyl (C=O) groups excluding carboxylic acids is 1. The largest absolute Gasteiger partial charge is 0.368 e. The molecular formula is C25H27N5O2. The molecule has 0 aliphatic carbocycles. The van der Waals surface area contributed by atoms with Crippen molar-refractivity contribution in [3.05, 3.63) is 66.7 Å². The highest BCUT2D eigenvalue weighted by Crippen LogP contribution is 2.30. The lowest BCUT2D eigenvalue weighted by Crippen LogP contribution is -2.44. The molecule has 2 saturated heterocycles. The van der Waals surface area contributed by atoms with E-state index < -0.39 is 0 Å². The van der Waals surface area contributed by atoms with E-state index in [1.54, 1.807) is 6.20 Å². The Kier molecular flexibility index (Phi) is 6.07. The summed E-state index contributed by atoms with van der Waals surface area (Å²) in [5.74, 6) is 1.69. The molecule has 2 aliphatic rings.